The minimum absolute atomic E-state index is 0.399. The SMILES string of the molecule is C[N+]1(CC#N)C=CN=C1Cc1ncc[nH]1. The molecule has 2 rings (SSSR count). The molecule has 76 valence electrons. The Morgan fingerprint density at radius 2 is 2.47 bits per heavy atom. The van der Waals surface area contributed by atoms with Crippen LogP contribution in [0.4, 0.5) is 0 Å². The first kappa shape index (κ1) is 9.62. The minimum atomic E-state index is 0.399. The van der Waals surface area contributed by atoms with Gasteiger partial charge in [0.1, 0.15) is 24.5 Å². The van der Waals surface area contributed by atoms with Crippen LogP contribution in [-0.4, -0.2) is 33.9 Å². The molecule has 1 N–H and O–H groups in total. The molecule has 1 unspecified atom stereocenters. The van der Waals surface area contributed by atoms with Gasteiger partial charge in [-0.3, -0.25) is 0 Å². The van der Waals surface area contributed by atoms with Gasteiger partial charge in [-0.05, 0) is 0 Å². The third kappa shape index (κ3) is 1.80. The highest BCUT2D eigenvalue weighted by Crippen LogP contribution is 2.15. The number of nitrogens with one attached hydrogen (secondary N) is 1. The van der Waals surface area contributed by atoms with E-state index in [9.17, 15) is 0 Å². The molecule has 5 heteroatoms. The number of H-pyrrole nitrogens is 1. The van der Waals surface area contributed by atoms with E-state index >= 15 is 0 Å². The van der Waals surface area contributed by atoms with Crippen molar-refractivity contribution in [3.05, 3.63) is 30.6 Å². The highest BCUT2D eigenvalue weighted by atomic mass is 15.4. The maximum atomic E-state index is 8.76. The second-order valence-electron chi connectivity index (χ2n) is 3.64. The number of nitrogens with zero attached hydrogens (tertiary/aromatic N) is 4. The first-order chi connectivity index (χ1) is 7.24. The lowest BCUT2D eigenvalue weighted by Gasteiger charge is -2.23. The molecule has 1 atom stereocenters. The van der Waals surface area contributed by atoms with Crippen molar-refractivity contribution in [1.29, 1.82) is 5.26 Å². The molecule has 0 aliphatic carbocycles. The van der Waals surface area contributed by atoms with Gasteiger partial charge in [-0.2, -0.15) is 5.26 Å². The lowest BCUT2D eigenvalue weighted by Crippen LogP contribution is -2.43. The molecule has 0 saturated carbocycles. The third-order valence-corrected chi connectivity index (χ3v) is 2.49. The van der Waals surface area contributed by atoms with E-state index in [1.807, 2.05) is 13.2 Å². The Balaban J connectivity index is 2.14. The lowest BCUT2D eigenvalue weighted by atomic mass is 10.3. The average molecular weight is 202 g/mol. The molecule has 0 amide bonds. The Bertz CT molecular complexity index is 437. The number of quaternary nitrogens is 1. The molecule has 1 aromatic rings. The van der Waals surface area contributed by atoms with Gasteiger partial charge in [0.15, 0.2) is 6.54 Å². The predicted molar refractivity (Wildman–Crippen MR) is 55.5 cm³/mol. The summed E-state index contributed by atoms with van der Waals surface area (Å²) in [6, 6.07) is 2.17. The van der Waals surface area contributed by atoms with E-state index in [0.29, 0.717) is 17.4 Å². The van der Waals surface area contributed by atoms with Crippen molar-refractivity contribution in [2.24, 2.45) is 4.99 Å². The van der Waals surface area contributed by atoms with Gasteiger partial charge in [-0.15, -0.1) is 0 Å². The number of likely N-dealkylation sites (N-methyl/N-ethyl adjacent to an activating group) is 1. The topological polar surface area (TPSA) is 64.8 Å². The highest BCUT2D eigenvalue weighted by molar-refractivity contribution is 5.79. The quantitative estimate of drug-likeness (QED) is 0.582. The van der Waals surface area contributed by atoms with Crippen LogP contribution in [0.15, 0.2) is 29.8 Å². The second kappa shape index (κ2) is 3.67. The fraction of sp³-hybridized carbons (Fsp3) is 0.300. The first-order valence-electron chi connectivity index (χ1n) is 4.70. The van der Waals surface area contributed by atoms with E-state index < -0.39 is 0 Å². The van der Waals surface area contributed by atoms with Crippen molar-refractivity contribution in [3.8, 4) is 6.07 Å². The average Bonchev–Trinajstić information content (AvgIpc) is 2.79. The summed E-state index contributed by atoms with van der Waals surface area (Å²) in [6.45, 7) is 0.399. The van der Waals surface area contributed by atoms with Crippen molar-refractivity contribution in [1.82, 2.24) is 9.97 Å². The molecule has 0 spiro atoms. The summed E-state index contributed by atoms with van der Waals surface area (Å²) < 4.78 is 0.456. The molecule has 0 saturated heterocycles. The van der Waals surface area contributed by atoms with Gasteiger partial charge in [-0.25, -0.2) is 14.5 Å². The molecule has 1 aliphatic heterocycles. The van der Waals surface area contributed by atoms with E-state index in [0.717, 1.165) is 11.7 Å². The molecular formula is C10H12N5+. The van der Waals surface area contributed by atoms with Crippen molar-refractivity contribution in [3.63, 3.8) is 0 Å². The lowest BCUT2D eigenvalue weighted by molar-refractivity contribution is -0.756. The van der Waals surface area contributed by atoms with E-state index in [2.05, 4.69) is 21.0 Å². The van der Waals surface area contributed by atoms with Gasteiger partial charge in [0.25, 0.3) is 0 Å². The monoisotopic (exact) mass is 202 g/mol. The number of aliphatic imine (C=N–C) groups is 1. The van der Waals surface area contributed by atoms with Crippen LogP contribution in [0.5, 0.6) is 0 Å². The van der Waals surface area contributed by atoms with E-state index in [-0.39, 0.29) is 0 Å². The Morgan fingerprint density at radius 3 is 3.13 bits per heavy atom. The number of nitriles is 1. The molecule has 0 fully saturated rings. The summed E-state index contributed by atoms with van der Waals surface area (Å²) in [5.74, 6) is 1.81. The molecule has 15 heavy (non-hydrogen) atoms. The number of amidine groups is 1. The van der Waals surface area contributed by atoms with Gasteiger partial charge in [0, 0.05) is 12.4 Å². The summed E-state index contributed by atoms with van der Waals surface area (Å²) in [5, 5.41) is 8.76. The maximum absolute atomic E-state index is 8.76. The summed E-state index contributed by atoms with van der Waals surface area (Å²) >= 11 is 0. The van der Waals surface area contributed by atoms with Crippen LogP contribution in [0.2, 0.25) is 0 Å². The van der Waals surface area contributed by atoms with Gasteiger partial charge >= 0.3 is 0 Å². The molecule has 0 radical (unpaired) electrons. The Hall–Kier alpha value is -1.93. The number of imidazole rings is 1. The zero-order chi connectivity index (χ0) is 10.7. The molecule has 5 nitrogen and oxygen atoms in total. The summed E-state index contributed by atoms with van der Waals surface area (Å²) in [6.07, 6.45) is 7.81. The van der Waals surface area contributed by atoms with Crippen LogP contribution < -0.4 is 0 Å². The van der Waals surface area contributed by atoms with E-state index in [1.54, 1.807) is 18.6 Å². The normalized spacial score (nSPS) is 23.9. The highest BCUT2D eigenvalue weighted by Gasteiger charge is 2.30. The Labute approximate surface area is 88.0 Å². The van der Waals surface area contributed by atoms with Crippen LogP contribution in [0.25, 0.3) is 0 Å². The molecule has 1 aromatic heterocycles. The summed E-state index contributed by atoms with van der Waals surface area (Å²) in [4.78, 5) is 11.5. The summed E-state index contributed by atoms with van der Waals surface area (Å²) in [7, 11) is 1.97. The van der Waals surface area contributed by atoms with Crippen LogP contribution in [0.3, 0.4) is 0 Å². The number of aromatic nitrogens is 2. The van der Waals surface area contributed by atoms with Gasteiger partial charge in [0.05, 0.1) is 13.2 Å². The number of hydrogen-bond donors (Lipinski definition) is 1. The first-order valence-corrected chi connectivity index (χ1v) is 4.70. The molecule has 2 heterocycles. The van der Waals surface area contributed by atoms with Gasteiger partial charge < -0.3 is 4.98 Å². The zero-order valence-corrected chi connectivity index (χ0v) is 8.51. The summed E-state index contributed by atoms with van der Waals surface area (Å²) in [5.41, 5.74) is 0. The minimum Gasteiger partial charge on any atom is -0.348 e. The smallest absolute Gasteiger partial charge is 0.215 e. The van der Waals surface area contributed by atoms with Crippen LogP contribution in [0.1, 0.15) is 5.82 Å². The fourth-order valence-corrected chi connectivity index (χ4v) is 1.55. The third-order valence-electron chi connectivity index (χ3n) is 2.49. The second-order valence-corrected chi connectivity index (χ2v) is 3.64. The number of aromatic amines is 1. The molecular weight excluding hydrogens is 190 g/mol. The van der Waals surface area contributed by atoms with Gasteiger partial charge in [-0.1, -0.05) is 0 Å². The van der Waals surface area contributed by atoms with Crippen LogP contribution >= 0.6 is 0 Å². The predicted octanol–water partition coefficient (Wildman–Crippen LogP) is 0.806. The molecule has 0 bridgehead atoms. The van der Waals surface area contributed by atoms with E-state index in [1.165, 1.54) is 0 Å². The number of hydrogen-bond acceptors (Lipinski definition) is 3. The molecule has 1 aliphatic rings. The van der Waals surface area contributed by atoms with Crippen molar-refractivity contribution in [2.45, 2.75) is 6.42 Å². The Morgan fingerprint density at radius 1 is 1.60 bits per heavy atom. The standard InChI is InChI=1S/C10H12N5/c1-15(6-2-11)7-5-14-10(15)8-9-12-3-4-13-9/h3-5,7H,6,8H2,1H3,(H,12,13)/q+1. The van der Waals surface area contributed by atoms with Crippen LogP contribution in [0, 0.1) is 11.3 Å². The van der Waals surface area contributed by atoms with Crippen molar-refractivity contribution >= 4 is 5.84 Å². The van der Waals surface area contributed by atoms with Gasteiger partial charge in [0.2, 0.25) is 5.84 Å². The largest absolute Gasteiger partial charge is 0.348 e. The Kier molecular flexibility index (Phi) is 2.35. The van der Waals surface area contributed by atoms with E-state index in [4.69, 9.17) is 5.26 Å². The van der Waals surface area contributed by atoms with Crippen molar-refractivity contribution in [2.75, 3.05) is 13.6 Å². The number of rotatable bonds is 3. The maximum Gasteiger partial charge on any atom is 0.215 e. The zero-order valence-electron chi connectivity index (χ0n) is 8.51. The molecule has 0 aromatic carbocycles. The van der Waals surface area contributed by atoms with Crippen LogP contribution in [-0.2, 0) is 6.42 Å². The fourth-order valence-electron chi connectivity index (χ4n) is 1.55. The van der Waals surface area contributed by atoms with Crippen molar-refractivity contribution < 1.29 is 4.48 Å².